The molecule has 0 radical (unpaired) electrons. The number of hydrogen-bond donors (Lipinski definition) is 0. The molecule has 0 saturated carbocycles. The molecule has 0 atom stereocenters. The van der Waals surface area contributed by atoms with Gasteiger partial charge < -0.3 is 4.42 Å². The molecule has 0 saturated heterocycles. The van der Waals surface area contributed by atoms with Gasteiger partial charge in [0.05, 0.1) is 17.8 Å². The Hall–Kier alpha value is -2.71. The Morgan fingerprint density at radius 1 is 1.06 bits per heavy atom. The molecule has 158 valence electrons. The Bertz CT molecular complexity index is 1220. The van der Waals surface area contributed by atoms with Gasteiger partial charge in [0.15, 0.2) is 0 Å². The summed E-state index contributed by atoms with van der Waals surface area (Å²) in [6, 6.07) is 10.9. The Morgan fingerprint density at radius 3 is 2.71 bits per heavy atom. The van der Waals surface area contributed by atoms with Crippen LogP contribution in [0.25, 0.3) is 5.69 Å². The monoisotopic (exact) mass is 458 g/mol. The van der Waals surface area contributed by atoms with Gasteiger partial charge in [-0.2, -0.15) is 5.10 Å². The van der Waals surface area contributed by atoms with Crippen LogP contribution in [-0.2, 0) is 25.0 Å². The number of rotatable bonds is 6. The summed E-state index contributed by atoms with van der Waals surface area (Å²) >= 11 is 7.46. The highest BCUT2D eigenvalue weighted by Crippen LogP contribution is 2.32. The summed E-state index contributed by atoms with van der Waals surface area (Å²) in [7, 11) is 0. The minimum absolute atomic E-state index is 0.133. The van der Waals surface area contributed by atoms with E-state index >= 15 is 0 Å². The lowest BCUT2D eigenvalue weighted by Crippen LogP contribution is -2.01. The molecule has 0 fully saturated rings. The number of fused-ring (bicyclic) bond motifs is 1. The second-order valence-electron chi connectivity index (χ2n) is 7.24. The first-order valence-corrected chi connectivity index (χ1v) is 11.2. The molecule has 0 aliphatic heterocycles. The van der Waals surface area contributed by atoms with E-state index in [1.807, 2.05) is 4.68 Å². The van der Waals surface area contributed by atoms with Gasteiger partial charge in [-0.1, -0.05) is 29.4 Å². The van der Waals surface area contributed by atoms with E-state index in [0.29, 0.717) is 27.5 Å². The van der Waals surface area contributed by atoms with Crippen LogP contribution in [0.5, 0.6) is 0 Å². The van der Waals surface area contributed by atoms with Crippen LogP contribution in [0, 0.1) is 11.6 Å². The summed E-state index contributed by atoms with van der Waals surface area (Å²) in [5, 5.41) is 13.6. The number of halogens is 3. The van der Waals surface area contributed by atoms with E-state index in [0.717, 1.165) is 30.6 Å². The van der Waals surface area contributed by atoms with Crippen LogP contribution < -0.4 is 0 Å². The number of nitrogens with zero attached hydrogens (tertiary/aromatic N) is 4. The maximum Gasteiger partial charge on any atom is 0.276 e. The second kappa shape index (κ2) is 8.43. The minimum atomic E-state index is -0.401. The highest BCUT2D eigenvalue weighted by atomic mass is 35.5. The SMILES string of the molecule is Fc1ccc(-n2nc(CSc3nnc(Cc4c(F)cccc4Cl)o3)c3c2CCC3)cc1. The predicted molar refractivity (Wildman–Crippen MR) is 114 cm³/mol. The predicted octanol–water partition coefficient (Wildman–Crippen LogP) is 5.56. The normalized spacial score (nSPS) is 13.0. The van der Waals surface area contributed by atoms with E-state index in [1.165, 1.54) is 41.2 Å². The van der Waals surface area contributed by atoms with Crippen LogP contribution in [0.4, 0.5) is 8.78 Å². The van der Waals surface area contributed by atoms with Crippen LogP contribution >= 0.6 is 23.4 Å². The summed E-state index contributed by atoms with van der Waals surface area (Å²) in [5.74, 6) is 0.198. The summed E-state index contributed by atoms with van der Waals surface area (Å²) in [6.07, 6.45) is 3.11. The highest BCUT2D eigenvalue weighted by Gasteiger charge is 2.24. The third-order valence-electron chi connectivity index (χ3n) is 5.25. The molecule has 31 heavy (non-hydrogen) atoms. The van der Waals surface area contributed by atoms with Crippen molar-refractivity contribution in [1.29, 1.82) is 0 Å². The fraction of sp³-hybridized carbons (Fsp3) is 0.227. The van der Waals surface area contributed by atoms with Crippen LogP contribution in [0.3, 0.4) is 0 Å². The minimum Gasteiger partial charge on any atom is -0.416 e. The van der Waals surface area contributed by atoms with Crippen molar-refractivity contribution in [2.45, 2.75) is 36.7 Å². The molecular weight excluding hydrogens is 442 g/mol. The number of thioether (sulfide) groups is 1. The molecule has 5 rings (SSSR count). The molecule has 2 aromatic carbocycles. The summed E-state index contributed by atoms with van der Waals surface area (Å²) in [4.78, 5) is 0. The van der Waals surface area contributed by atoms with Crippen molar-refractivity contribution in [2.24, 2.45) is 0 Å². The van der Waals surface area contributed by atoms with Crippen molar-refractivity contribution in [2.75, 3.05) is 0 Å². The van der Waals surface area contributed by atoms with E-state index < -0.39 is 5.82 Å². The average Bonchev–Trinajstić information content (AvgIpc) is 3.48. The van der Waals surface area contributed by atoms with Gasteiger partial charge in [-0.3, -0.25) is 0 Å². The van der Waals surface area contributed by atoms with Crippen molar-refractivity contribution in [3.63, 3.8) is 0 Å². The molecule has 2 heterocycles. The van der Waals surface area contributed by atoms with E-state index in [9.17, 15) is 8.78 Å². The lowest BCUT2D eigenvalue weighted by atomic mass is 10.1. The van der Waals surface area contributed by atoms with Crippen molar-refractivity contribution in [3.05, 3.63) is 87.5 Å². The van der Waals surface area contributed by atoms with Crippen molar-refractivity contribution in [3.8, 4) is 5.69 Å². The standard InChI is InChI=1S/C22H17ClF2N4OS/c23-17-4-2-5-18(25)16(17)11-21-26-27-22(30-21)31-12-19-15-3-1-6-20(15)29(28-19)14-9-7-13(24)8-10-14/h2,4-5,7-10H,1,3,6,11-12H2. The number of aromatic nitrogens is 4. The third kappa shape index (κ3) is 4.09. The molecule has 1 aliphatic carbocycles. The average molecular weight is 459 g/mol. The zero-order valence-electron chi connectivity index (χ0n) is 16.3. The second-order valence-corrected chi connectivity index (χ2v) is 8.57. The molecule has 0 unspecified atom stereocenters. The fourth-order valence-corrected chi connectivity index (χ4v) is 4.75. The summed E-state index contributed by atoms with van der Waals surface area (Å²) in [6.45, 7) is 0. The smallest absolute Gasteiger partial charge is 0.276 e. The Labute approximate surface area is 186 Å². The maximum atomic E-state index is 14.0. The molecule has 1 aliphatic rings. The van der Waals surface area contributed by atoms with Gasteiger partial charge in [0.1, 0.15) is 11.6 Å². The fourth-order valence-electron chi connectivity index (χ4n) is 3.78. The van der Waals surface area contributed by atoms with Crippen LogP contribution in [-0.4, -0.2) is 20.0 Å². The van der Waals surface area contributed by atoms with Crippen LogP contribution in [0.1, 0.15) is 34.8 Å². The van der Waals surface area contributed by atoms with Gasteiger partial charge in [-0.25, -0.2) is 13.5 Å². The topological polar surface area (TPSA) is 56.7 Å². The molecule has 2 aromatic heterocycles. The number of hydrogen-bond acceptors (Lipinski definition) is 5. The zero-order valence-corrected chi connectivity index (χ0v) is 17.9. The first-order chi connectivity index (χ1) is 15.1. The van der Waals surface area contributed by atoms with Gasteiger partial charge in [-0.05, 0) is 61.2 Å². The molecule has 4 aromatic rings. The van der Waals surface area contributed by atoms with Gasteiger partial charge in [0, 0.05) is 22.0 Å². The Balaban J connectivity index is 1.32. The summed E-state index contributed by atoms with van der Waals surface area (Å²) < 4.78 is 34.9. The lowest BCUT2D eigenvalue weighted by molar-refractivity contribution is 0.418. The molecule has 9 heteroatoms. The Morgan fingerprint density at radius 2 is 1.90 bits per heavy atom. The van der Waals surface area contributed by atoms with E-state index in [4.69, 9.17) is 21.1 Å². The largest absolute Gasteiger partial charge is 0.416 e. The van der Waals surface area contributed by atoms with Gasteiger partial charge in [-0.15, -0.1) is 10.2 Å². The van der Waals surface area contributed by atoms with Crippen LogP contribution in [0.2, 0.25) is 5.02 Å². The lowest BCUT2D eigenvalue weighted by Gasteiger charge is -2.05. The molecule has 5 nitrogen and oxygen atoms in total. The first kappa shape index (κ1) is 20.2. The Kier molecular flexibility index (Phi) is 5.50. The van der Waals surface area contributed by atoms with E-state index in [2.05, 4.69) is 10.2 Å². The third-order valence-corrected chi connectivity index (χ3v) is 6.44. The molecule has 0 spiro atoms. The van der Waals surface area contributed by atoms with Gasteiger partial charge >= 0.3 is 0 Å². The van der Waals surface area contributed by atoms with Crippen molar-refractivity contribution in [1.82, 2.24) is 20.0 Å². The molecule has 0 N–H and O–H groups in total. The number of benzene rings is 2. The molecular formula is C22H17ClF2N4OS. The highest BCUT2D eigenvalue weighted by molar-refractivity contribution is 7.98. The summed E-state index contributed by atoms with van der Waals surface area (Å²) in [5.41, 5.74) is 4.54. The maximum absolute atomic E-state index is 14.0. The van der Waals surface area contributed by atoms with E-state index in [1.54, 1.807) is 24.3 Å². The van der Waals surface area contributed by atoms with Crippen molar-refractivity contribution < 1.29 is 13.2 Å². The van der Waals surface area contributed by atoms with Crippen molar-refractivity contribution >= 4 is 23.4 Å². The first-order valence-electron chi connectivity index (χ1n) is 9.82. The quantitative estimate of drug-likeness (QED) is 0.354. The zero-order chi connectivity index (χ0) is 21.4. The van der Waals surface area contributed by atoms with Gasteiger partial charge in [0.25, 0.3) is 5.22 Å². The van der Waals surface area contributed by atoms with E-state index in [-0.39, 0.29) is 12.2 Å². The molecule has 0 amide bonds. The van der Waals surface area contributed by atoms with Gasteiger partial charge in [0.2, 0.25) is 5.89 Å². The van der Waals surface area contributed by atoms with Crippen LogP contribution in [0.15, 0.2) is 52.1 Å². The molecule has 0 bridgehead atoms.